The first-order valence-corrected chi connectivity index (χ1v) is 10.8. The van der Waals surface area contributed by atoms with Crippen molar-refractivity contribution < 1.29 is 0 Å². The maximum atomic E-state index is 13.6. The van der Waals surface area contributed by atoms with Crippen LogP contribution in [0.1, 0.15) is 32.1 Å². The Morgan fingerprint density at radius 3 is 2.62 bits per heavy atom. The van der Waals surface area contributed by atoms with E-state index in [2.05, 4.69) is 4.98 Å². The summed E-state index contributed by atoms with van der Waals surface area (Å²) in [5, 5.41) is 2.01. The first kappa shape index (κ1) is 18.7. The molecule has 1 aliphatic carbocycles. The summed E-state index contributed by atoms with van der Waals surface area (Å²) in [6.45, 7) is 0.709. The van der Waals surface area contributed by atoms with Crippen LogP contribution >= 0.6 is 23.2 Å². The van der Waals surface area contributed by atoms with Gasteiger partial charge in [-0.1, -0.05) is 54.6 Å². The van der Waals surface area contributed by atoms with E-state index >= 15 is 0 Å². The van der Waals surface area contributed by atoms with Gasteiger partial charge in [-0.15, -0.1) is 0 Å². The van der Waals surface area contributed by atoms with Crippen LogP contribution < -0.4 is 5.69 Å². The first-order valence-electron chi connectivity index (χ1n) is 10.1. The van der Waals surface area contributed by atoms with E-state index in [4.69, 9.17) is 23.2 Å². The molecule has 0 N–H and O–H groups in total. The van der Waals surface area contributed by atoms with Crippen LogP contribution in [0.2, 0.25) is 10.0 Å². The number of imidazole rings is 1. The van der Waals surface area contributed by atoms with Gasteiger partial charge in [-0.2, -0.15) is 0 Å². The summed E-state index contributed by atoms with van der Waals surface area (Å²) in [6.07, 6.45) is 7.90. The van der Waals surface area contributed by atoms with Gasteiger partial charge in [-0.3, -0.25) is 14.1 Å². The number of fused-ring (bicyclic) bond motifs is 3. The normalized spacial score (nSPS) is 15.4. The Morgan fingerprint density at radius 1 is 1.03 bits per heavy atom. The zero-order valence-electron chi connectivity index (χ0n) is 15.9. The molecule has 2 heterocycles. The summed E-state index contributed by atoms with van der Waals surface area (Å²) in [4.78, 5) is 18.3. The fraction of sp³-hybridized carbons (Fsp3) is 0.304. The van der Waals surface area contributed by atoms with Gasteiger partial charge in [-0.05, 0) is 49.1 Å². The van der Waals surface area contributed by atoms with Crippen LogP contribution in [0, 0.1) is 5.92 Å². The molecule has 0 spiro atoms. The van der Waals surface area contributed by atoms with E-state index in [-0.39, 0.29) is 5.69 Å². The molecule has 4 aromatic rings. The Balaban J connectivity index is 1.83. The third kappa shape index (κ3) is 3.24. The van der Waals surface area contributed by atoms with Gasteiger partial charge < -0.3 is 0 Å². The van der Waals surface area contributed by atoms with Gasteiger partial charge in [0.25, 0.3) is 0 Å². The van der Waals surface area contributed by atoms with E-state index in [0.29, 0.717) is 28.2 Å². The lowest BCUT2D eigenvalue weighted by Gasteiger charge is -2.21. The van der Waals surface area contributed by atoms with Crippen molar-refractivity contribution in [2.45, 2.75) is 38.6 Å². The Labute approximate surface area is 178 Å². The predicted octanol–water partition coefficient (Wildman–Crippen LogP) is 6.23. The van der Waals surface area contributed by atoms with Crippen LogP contribution in [0.5, 0.6) is 0 Å². The molecule has 2 aromatic heterocycles. The lowest BCUT2D eigenvalue weighted by Crippen LogP contribution is -2.27. The number of hydrogen-bond donors (Lipinski definition) is 0. The molecule has 0 aliphatic heterocycles. The third-order valence-electron chi connectivity index (χ3n) is 5.98. The maximum Gasteiger partial charge on any atom is 0.333 e. The molecule has 6 heteroatoms. The summed E-state index contributed by atoms with van der Waals surface area (Å²) in [7, 11) is 0. The molecule has 29 heavy (non-hydrogen) atoms. The highest BCUT2D eigenvalue weighted by atomic mass is 35.5. The maximum absolute atomic E-state index is 13.6. The third-order valence-corrected chi connectivity index (χ3v) is 6.53. The number of pyridine rings is 1. The van der Waals surface area contributed by atoms with Crippen LogP contribution in [0.15, 0.2) is 53.5 Å². The van der Waals surface area contributed by atoms with Crippen molar-refractivity contribution >= 4 is 45.1 Å². The average molecular weight is 426 g/mol. The summed E-state index contributed by atoms with van der Waals surface area (Å²) < 4.78 is 3.60. The van der Waals surface area contributed by atoms with Gasteiger partial charge in [0.15, 0.2) is 0 Å². The standard InChI is InChI=1S/C23H21Cl2N3O/c24-16-10-11-19-17(12-16)22-21(13-26-19)27(14-15-6-2-1-3-7-15)23(29)28(22)20-9-5-4-8-18(20)25/h4-5,8-13,15H,1-3,6-7,14H2. The summed E-state index contributed by atoms with van der Waals surface area (Å²) in [5.74, 6) is 0.516. The number of rotatable bonds is 3. The number of hydrogen-bond acceptors (Lipinski definition) is 2. The zero-order valence-corrected chi connectivity index (χ0v) is 17.5. The molecule has 0 saturated heterocycles. The number of halogens is 2. The molecule has 1 saturated carbocycles. The zero-order chi connectivity index (χ0) is 20.0. The molecular formula is C23H21Cl2N3O. The fourth-order valence-electron chi connectivity index (χ4n) is 4.55. The lowest BCUT2D eigenvalue weighted by molar-refractivity contribution is 0.319. The van der Waals surface area contributed by atoms with Crippen LogP contribution in [0.3, 0.4) is 0 Å². The highest BCUT2D eigenvalue weighted by Gasteiger charge is 2.22. The molecule has 4 nitrogen and oxygen atoms in total. The second kappa shape index (κ2) is 7.51. The second-order valence-corrected chi connectivity index (χ2v) is 8.68. The highest BCUT2D eigenvalue weighted by Crippen LogP contribution is 2.31. The summed E-state index contributed by atoms with van der Waals surface area (Å²) in [6, 6.07) is 13.0. The van der Waals surface area contributed by atoms with Crippen molar-refractivity contribution in [3.63, 3.8) is 0 Å². The van der Waals surface area contributed by atoms with E-state index in [1.807, 2.05) is 53.2 Å². The fourth-order valence-corrected chi connectivity index (χ4v) is 4.95. The van der Waals surface area contributed by atoms with Crippen molar-refractivity contribution in [2.75, 3.05) is 0 Å². The average Bonchev–Trinajstić information content (AvgIpc) is 3.01. The van der Waals surface area contributed by atoms with Crippen molar-refractivity contribution in [2.24, 2.45) is 5.92 Å². The van der Waals surface area contributed by atoms with Crippen molar-refractivity contribution in [3.8, 4) is 5.69 Å². The Kier molecular flexibility index (Phi) is 4.84. The van der Waals surface area contributed by atoms with E-state index < -0.39 is 0 Å². The molecule has 148 valence electrons. The van der Waals surface area contributed by atoms with Gasteiger partial charge in [0.1, 0.15) is 0 Å². The lowest BCUT2D eigenvalue weighted by atomic mass is 9.89. The van der Waals surface area contributed by atoms with Gasteiger partial charge in [-0.25, -0.2) is 4.79 Å². The summed E-state index contributed by atoms with van der Waals surface area (Å²) >= 11 is 12.8. The minimum Gasteiger partial charge on any atom is -0.290 e. The van der Waals surface area contributed by atoms with Crippen LogP contribution in [0.4, 0.5) is 0 Å². The largest absolute Gasteiger partial charge is 0.333 e. The van der Waals surface area contributed by atoms with E-state index in [9.17, 15) is 4.79 Å². The second-order valence-electron chi connectivity index (χ2n) is 7.84. The van der Waals surface area contributed by atoms with Crippen LogP contribution in [-0.2, 0) is 6.54 Å². The topological polar surface area (TPSA) is 39.8 Å². The number of benzene rings is 2. The Hall–Kier alpha value is -2.30. The Bertz CT molecular complexity index is 1270. The van der Waals surface area contributed by atoms with Crippen molar-refractivity contribution in [3.05, 3.63) is 69.2 Å². The summed E-state index contributed by atoms with van der Waals surface area (Å²) in [5.41, 5.74) is 3.05. The van der Waals surface area contributed by atoms with Gasteiger partial charge in [0.2, 0.25) is 0 Å². The molecule has 0 unspecified atom stereocenters. The SMILES string of the molecule is O=c1n(CC2CCCCC2)c2cnc3ccc(Cl)cc3c2n1-c1ccccc1Cl. The molecule has 0 radical (unpaired) electrons. The minimum atomic E-state index is -0.0760. The molecule has 0 amide bonds. The quantitative estimate of drug-likeness (QED) is 0.390. The van der Waals surface area contributed by atoms with E-state index in [1.54, 1.807) is 4.57 Å². The van der Waals surface area contributed by atoms with Gasteiger partial charge in [0.05, 0.1) is 33.5 Å². The van der Waals surface area contributed by atoms with Crippen LogP contribution in [0.25, 0.3) is 27.6 Å². The molecule has 0 atom stereocenters. The first-order chi connectivity index (χ1) is 14.1. The van der Waals surface area contributed by atoms with Gasteiger partial charge in [0, 0.05) is 17.0 Å². The van der Waals surface area contributed by atoms with E-state index in [1.165, 1.54) is 19.3 Å². The van der Waals surface area contributed by atoms with Crippen molar-refractivity contribution in [1.29, 1.82) is 0 Å². The number of nitrogens with zero attached hydrogens (tertiary/aromatic N) is 3. The van der Waals surface area contributed by atoms with Crippen molar-refractivity contribution in [1.82, 2.24) is 14.1 Å². The van der Waals surface area contributed by atoms with Crippen LogP contribution in [-0.4, -0.2) is 14.1 Å². The Morgan fingerprint density at radius 2 is 1.83 bits per heavy atom. The smallest absolute Gasteiger partial charge is 0.290 e. The molecule has 2 aromatic carbocycles. The van der Waals surface area contributed by atoms with E-state index in [0.717, 1.165) is 34.8 Å². The number of para-hydroxylation sites is 1. The minimum absolute atomic E-state index is 0.0760. The molecular weight excluding hydrogens is 405 g/mol. The predicted molar refractivity (Wildman–Crippen MR) is 119 cm³/mol. The molecule has 1 aliphatic rings. The molecule has 1 fully saturated rings. The molecule has 5 rings (SSSR count). The number of aromatic nitrogens is 3. The van der Waals surface area contributed by atoms with Gasteiger partial charge >= 0.3 is 5.69 Å². The monoisotopic (exact) mass is 425 g/mol. The highest BCUT2D eigenvalue weighted by molar-refractivity contribution is 6.32. The molecule has 0 bridgehead atoms.